The first-order valence-electron chi connectivity index (χ1n) is 6.79. The van der Waals surface area contributed by atoms with Gasteiger partial charge in [-0.2, -0.15) is 0 Å². The molecule has 2 atom stereocenters. The van der Waals surface area contributed by atoms with Crippen LogP contribution in [0.1, 0.15) is 25.8 Å². The molecule has 0 aromatic heterocycles. The molecule has 1 heterocycles. The maximum atomic E-state index is 3.59. The SMILES string of the molecule is CCN[C@@H]1CCN(Cc2ccccc2)C[C@H]1C. The van der Waals surface area contributed by atoms with E-state index < -0.39 is 0 Å². The molecule has 0 unspecified atom stereocenters. The summed E-state index contributed by atoms with van der Waals surface area (Å²) < 4.78 is 0. The van der Waals surface area contributed by atoms with E-state index in [4.69, 9.17) is 0 Å². The predicted molar refractivity (Wildman–Crippen MR) is 73.0 cm³/mol. The lowest BCUT2D eigenvalue weighted by Crippen LogP contribution is -2.47. The zero-order valence-electron chi connectivity index (χ0n) is 11.0. The molecule has 94 valence electrons. The van der Waals surface area contributed by atoms with Crippen LogP contribution < -0.4 is 5.32 Å². The predicted octanol–water partition coefficient (Wildman–Crippen LogP) is 2.51. The Morgan fingerprint density at radius 1 is 1.29 bits per heavy atom. The zero-order valence-corrected chi connectivity index (χ0v) is 11.0. The number of nitrogens with one attached hydrogen (secondary N) is 1. The number of likely N-dealkylation sites (tertiary alicyclic amines) is 1. The summed E-state index contributed by atoms with van der Waals surface area (Å²) in [6.45, 7) is 9.19. The summed E-state index contributed by atoms with van der Waals surface area (Å²) in [7, 11) is 0. The van der Waals surface area contributed by atoms with Crippen LogP contribution in [0.25, 0.3) is 0 Å². The van der Waals surface area contributed by atoms with Crippen LogP contribution >= 0.6 is 0 Å². The molecule has 17 heavy (non-hydrogen) atoms. The third-order valence-electron chi connectivity index (χ3n) is 3.70. The fraction of sp³-hybridized carbons (Fsp3) is 0.600. The molecule has 0 aliphatic carbocycles. The van der Waals surface area contributed by atoms with Crippen LogP contribution in [0.2, 0.25) is 0 Å². The second-order valence-corrected chi connectivity index (χ2v) is 5.15. The Balaban J connectivity index is 1.85. The average molecular weight is 232 g/mol. The van der Waals surface area contributed by atoms with Gasteiger partial charge in [0.25, 0.3) is 0 Å². The third-order valence-corrected chi connectivity index (χ3v) is 3.70. The molecule has 2 nitrogen and oxygen atoms in total. The fourth-order valence-corrected chi connectivity index (χ4v) is 2.78. The molecule has 0 radical (unpaired) electrons. The minimum atomic E-state index is 0.715. The van der Waals surface area contributed by atoms with E-state index in [1.54, 1.807) is 0 Å². The first-order chi connectivity index (χ1) is 8.29. The van der Waals surface area contributed by atoms with E-state index in [9.17, 15) is 0 Å². The second-order valence-electron chi connectivity index (χ2n) is 5.15. The van der Waals surface area contributed by atoms with Gasteiger partial charge in [0.15, 0.2) is 0 Å². The number of piperidine rings is 1. The van der Waals surface area contributed by atoms with Crippen molar-refractivity contribution in [1.29, 1.82) is 0 Å². The molecule has 0 saturated carbocycles. The van der Waals surface area contributed by atoms with Crippen molar-refractivity contribution in [2.75, 3.05) is 19.6 Å². The molecule has 0 amide bonds. The van der Waals surface area contributed by atoms with E-state index in [-0.39, 0.29) is 0 Å². The lowest BCUT2D eigenvalue weighted by atomic mass is 9.93. The molecule has 0 bridgehead atoms. The van der Waals surface area contributed by atoms with Gasteiger partial charge in [0, 0.05) is 19.1 Å². The summed E-state index contributed by atoms with van der Waals surface area (Å²) in [4.78, 5) is 2.58. The maximum Gasteiger partial charge on any atom is 0.0233 e. The van der Waals surface area contributed by atoms with Gasteiger partial charge in [-0.3, -0.25) is 4.90 Å². The minimum Gasteiger partial charge on any atom is -0.314 e. The van der Waals surface area contributed by atoms with E-state index in [0.717, 1.165) is 19.0 Å². The number of benzene rings is 1. The Labute approximate surface area is 105 Å². The summed E-state index contributed by atoms with van der Waals surface area (Å²) in [6, 6.07) is 11.5. The molecule has 1 saturated heterocycles. The summed E-state index contributed by atoms with van der Waals surface area (Å²) in [5.74, 6) is 0.757. The van der Waals surface area contributed by atoms with E-state index in [1.165, 1.54) is 25.1 Å². The van der Waals surface area contributed by atoms with Crippen molar-refractivity contribution in [3.8, 4) is 0 Å². The molecule has 1 aliphatic heterocycles. The maximum absolute atomic E-state index is 3.59. The van der Waals surface area contributed by atoms with Crippen LogP contribution in [0.15, 0.2) is 30.3 Å². The van der Waals surface area contributed by atoms with Gasteiger partial charge in [-0.05, 0) is 31.0 Å². The van der Waals surface area contributed by atoms with Crippen molar-refractivity contribution < 1.29 is 0 Å². The summed E-state index contributed by atoms with van der Waals surface area (Å²) in [5.41, 5.74) is 1.43. The van der Waals surface area contributed by atoms with Crippen molar-refractivity contribution >= 4 is 0 Å². The minimum absolute atomic E-state index is 0.715. The number of hydrogen-bond acceptors (Lipinski definition) is 2. The number of nitrogens with zero attached hydrogens (tertiary/aromatic N) is 1. The molecular weight excluding hydrogens is 208 g/mol. The Morgan fingerprint density at radius 3 is 2.71 bits per heavy atom. The topological polar surface area (TPSA) is 15.3 Å². The molecule has 1 N–H and O–H groups in total. The van der Waals surface area contributed by atoms with Crippen molar-refractivity contribution in [1.82, 2.24) is 10.2 Å². The van der Waals surface area contributed by atoms with Gasteiger partial charge in [0.2, 0.25) is 0 Å². The molecule has 1 aromatic carbocycles. The zero-order chi connectivity index (χ0) is 12.1. The lowest BCUT2D eigenvalue weighted by Gasteiger charge is -2.37. The smallest absolute Gasteiger partial charge is 0.0233 e. The summed E-state index contributed by atoms with van der Waals surface area (Å²) in [5, 5.41) is 3.59. The number of hydrogen-bond donors (Lipinski definition) is 1. The van der Waals surface area contributed by atoms with Gasteiger partial charge in [0.05, 0.1) is 0 Å². The van der Waals surface area contributed by atoms with Crippen LogP contribution in [0, 0.1) is 5.92 Å². The largest absolute Gasteiger partial charge is 0.314 e. The van der Waals surface area contributed by atoms with Gasteiger partial charge in [-0.25, -0.2) is 0 Å². The van der Waals surface area contributed by atoms with E-state index in [2.05, 4.69) is 54.4 Å². The summed E-state index contributed by atoms with van der Waals surface area (Å²) >= 11 is 0. The van der Waals surface area contributed by atoms with Gasteiger partial charge < -0.3 is 5.32 Å². The van der Waals surface area contributed by atoms with E-state index in [1.807, 2.05) is 0 Å². The Hall–Kier alpha value is -0.860. The van der Waals surface area contributed by atoms with Crippen LogP contribution in [0.5, 0.6) is 0 Å². The Bertz CT molecular complexity index is 323. The van der Waals surface area contributed by atoms with Crippen LogP contribution in [0.3, 0.4) is 0 Å². The Kier molecular flexibility index (Phi) is 4.57. The van der Waals surface area contributed by atoms with Crippen molar-refractivity contribution in [2.24, 2.45) is 5.92 Å². The molecular formula is C15H24N2. The van der Waals surface area contributed by atoms with Crippen LogP contribution in [-0.4, -0.2) is 30.6 Å². The van der Waals surface area contributed by atoms with Gasteiger partial charge in [-0.15, -0.1) is 0 Å². The van der Waals surface area contributed by atoms with Crippen molar-refractivity contribution in [3.63, 3.8) is 0 Å². The highest BCUT2D eigenvalue weighted by Gasteiger charge is 2.24. The molecule has 1 aromatic rings. The molecule has 0 spiro atoms. The average Bonchev–Trinajstić information content (AvgIpc) is 2.34. The van der Waals surface area contributed by atoms with Crippen LogP contribution in [-0.2, 0) is 6.54 Å². The van der Waals surface area contributed by atoms with E-state index in [0.29, 0.717) is 6.04 Å². The fourth-order valence-electron chi connectivity index (χ4n) is 2.78. The standard InChI is InChI=1S/C15H24N2/c1-3-16-15-9-10-17(11-13(15)2)12-14-7-5-4-6-8-14/h4-8,13,15-16H,3,9-12H2,1-2H3/t13-,15-/m1/s1. The highest BCUT2D eigenvalue weighted by atomic mass is 15.1. The van der Waals surface area contributed by atoms with Gasteiger partial charge >= 0.3 is 0 Å². The third kappa shape index (κ3) is 3.55. The molecule has 2 heteroatoms. The lowest BCUT2D eigenvalue weighted by molar-refractivity contribution is 0.142. The van der Waals surface area contributed by atoms with Crippen molar-refractivity contribution in [2.45, 2.75) is 32.9 Å². The van der Waals surface area contributed by atoms with Crippen molar-refractivity contribution in [3.05, 3.63) is 35.9 Å². The quantitative estimate of drug-likeness (QED) is 0.858. The molecule has 1 fully saturated rings. The molecule has 2 rings (SSSR count). The van der Waals surface area contributed by atoms with Crippen LogP contribution in [0.4, 0.5) is 0 Å². The van der Waals surface area contributed by atoms with Gasteiger partial charge in [-0.1, -0.05) is 44.2 Å². The summed E-state index contributed by atoms with van der Waals surface area (Å²) in [6.07, 6.45) is 1.28. The normalized spacial score (nSPS) is 26.0. The highest BCUT2D eigenvalue weighted by Crippen LogP contribution is 2.18. The Morgan fingerprint density at radius 2 is 2.06 bits per heavy atom. The van der Waals surface area contributed by atoms with E-state index >= 15 is 0 Å². The van der Waals surface area contributed by atoms with Gasteiger partial charge in [0.1, 0.15) is 0 Å². The molecule has 1 aliphatic rings. The highest BCUT2D eigenvalue weighted by molar-refractivity contribution is 5.14. The number of rotatable bonds is 4. The first kappa shape index (κ1) is 12.6. The second kappa shape index (κ2) is 6.18. The monoisotopic (exact) mass is 232 g/mol. The first-order valence-corrected chi connectivity index (χ1v) is 6.79.